The van der Waals surface area contributed by atoms with Crippen LogP contribution in [-0.4, -0.2) is 49.5 Å². The van der Waals surface area contributed by atoms with Gasteiger partial charge in [0.25, 0.3) is 0 Å². The third kappa shape index (κ3) is 9.21. The van der Waals surface area contributed by atoms with E-state index >= 15 is 0 Å². The molecule has 2 amide bonds. The molecule has 0 heterocycles. The highest BCUT2D eigenvalue weighted by molar-refractivity contribution is 7.92. The number of carbonyl (C=O) groups excluding carboxylic acids is 2. The molecule has 3 aromatic carbocycles. The summed E-state index contributed by atoms with van der Waals surface area (Å²) in [5, 5.41) is 3.77. The van der Waals surface area contributed by atoms with Gasteiger partial charge in [0.2, 0.25) is 21.8 Å². The fourth-order valence-corrected chi connectivity index (χ4v) is 5.84. The van der Waals surface area contributed by atoms with Crippen LogP contribution in [0.15, 0.2) is 72.8 Å². The number of aryl methyl sites for hydroxylation is 1. The average Bonchev–Trinajstić information content (AvgIpc) is 2.89. The predicted octanol–water partition coefficient (Wildman–Crippen LogP) is 5.88. The number of benzene rings is 3. The summed E-state index contributed by atoms with van der Waals surface area (Å²) in [7, 11) is -3.86. The highest BCUT2D eigenvalue weighted by Crippen LogP contribution is 2.27. The monoisotopic (exact) mass is 617 g/mol. The normalized spacial score (nSPS) is 12.5. The van der Waals surface area contributed by atoms with Crippen molar-refractivity contribution in [3.63, 3.8) is 0 Å². The van der Waals surface area contributed by atoms with E-state index in [0.29, 0.717) is 27.7 Å². The van der Waals surface area contributed by atoms with E-state index in [1.54, 1.807) is 30.3 Å². The van der Waals surface area contributed by atoms with Crippen LogP contribution < -0.4 is 9.62 Å². The van der Waals surface area contributed by atoms with Gasteiger partial charge in [0.15, 0.2) is 0 Å². The van der Waals surface area contributed by atoms with E-state index in [1.165, 1.54) is 4.90 Å². The second-order valence-electron chi connectivity index (χ2n) is 11.0. The van der Waals surface area contributed by atoms with Crippen LogP contribution in [0.5, 0.6) is 0 Å². The van der Waals surface area contributed by atoms with Crippen LogP contribution in [0.4, 0.5) is 5.69 Å². The highest BCUT2D eigenvalue weighted by Gasteiger charge is 2.35. The Morgan fingerprint density at radius 2 is 1.56 bits per heavy atom. The summed E-state index contributed by atoms with van der Waals surface area (Å²) >= 11 is 12.6. The molecule has 1 unspecified atom stereocenters. The molecule has 3 rings (SSSR count). The van der Waals surface area contributed by atoms with Crippen molar-refractivity contribution < 1.29 is 18.0 Å². The third-order valence-corrected chi connectivity index (χ3v) is 8.16. The van der Waals surface area contributed by atoms with Crippen molar-refractivity contribution in [3.8, 4) is 0 Å². The Morgan fingerprint density at radius 3 is 2.15 bits per heavy atom. The first-order valence-electron chi connectivity index (χ1n) is 13.3. The summed E-state index contributed by atoms with van der Waals surface area (Å²) in [4.78, 5) is 29.4. The number of nitrogens with one attached hydrogen (secondary N) is 1. The summed E-state index contributed by atoms with van der Waals surface area (Å²) in [6.07, 6.45) is 1.86. The molecule has 7 nitrogen and oxygen atoms in total. The Kier molecular flexibility index (Phi) is 10.9. The maximum Gasteiger partial charge on any atom is 0.244 e. The lowest BCUT2D eigenvalue weighted by atomic mass is 10.0. The lowest BCUT2D eigenvalue weighted by Gasteiger charge is -2.35. The van der Waals surface area contributed by atoms with Crippen LogP contribution in [-0.2, 0) is 39.0 Å². The van der Waals surface area contributed by atoms with Crippen molar-refractivity contribution >= 4 is 50.7 Å². The lowest BCUT2D eigenvalue weighted by molar-refractivity contribution is -0.140. The first-order chi connectivity index (χ1) is 19.2. The Bertz CT molecular complexity index is 1470. The molecule has 0 aromatic heterocycles. The van der Waals surface area contributed by atoms with Gasteiger partial charge in [-0.15, -0.1) is 0 Å². The van der Waals surface area contributed by atoms with Gasteiger partial charge in [-0.3, -0.25) is 13.9 Å². The summed E-state index contributed by atoms with van der Waals surface area (Å²) in [6, 6.07) is 20.4. The van der Waals surface area contributed by atoms with Crippen LogP contribution in [0, 0.1) is 0 Å². The van der Waals surface area contributed by atoms with Crippen LogP contribution in [0.1, 0.15) is 44.4 Å². The standard InChI is InChI=1S/C31H37Cl2N3O4S/c1-6-23-14-10-11-15-27(23)36(41(5,39)40)21-29(37)35(20-24-16-17-25(32)19-26(24)33)28(30(38)34-31(2,3)4)18-22-12-8-7-9-13-22/h7-17,19,28H,6,18,20-21H2,1-5H3,(H,34,38). The Labute approximate surface area is 253 Å². The smallest absolute Gasteiger partial charge is 0.244 e. The molecule has 10 heteroatoms. The molecule has 41 heavy (non-hydrogen) atoms. The molecule has 0 radical (unpaired) electrons. The number of nitrogens with zero attached hydrogens (tertiary/aromatic N) is 2. The summed E-state index contributed by atoms with van der Waals surface area (Å²) in [6.45, 7) is 6.98. The van der Waals surface area contributed by atoms with Crippen molar-refractivity contribution in [1.82, 2.24) is 10.2 Å². The molecule has 0 aliphatic carbocycles. The number of carbonyl (C=O) groups is 2. The molecule has 0 saturated heterocycles. The van der Waals surface area contributed by atoms with Gasteiger partial charge in [-0.25, -0.2) is 8.42 Å². The summed E-state index contributed by atoms with van der Waals surface area (Å²) < 4.78 is 27.2. The van der Waals surface area contributed by atoms with Crippen molar-refractivity contribution in [2.75, 3.05) is 17.1 Å². The van der Waals surface area contributed by atoms with Crippen LogP contribution in [0.2, 0.25) is 10.0 Å². The van der Waals surface area contributed by atoms with E-state index in [2.05, 4.69) is 5.32 Å². The fourth-order valence-electron chi connectivity index (χ4n) is 4.49. The number of halogens is 2. The van der Waals surface area contributed by atoms with Crippen LogP contribution >= 0.6 is 23.2 Å². The minimum atomic E-state index is -3.86. The largest absolute Gasteiger partial charge is 0.350 e. The van der Waals surface area contributed by atoms with Crippen LogP contribution in [0.3, 0.4) is 0 Å². The Hall–Kier alpha value is -3.07. The zero-order valence-corrected chi connectivity index (χ0v) is 26.4. The molecule has 0 aliphatic heterocycles. The van der Waals surface area contributed by atoms with Gasteiger partial charge in [0.05, 0.1) is 11.9 Å². The minimum absolute atomic E-state index is 0.0308. The average molecular weight is 619 g/mol. The molecular formula is C31H37Cl2N3O4S. The maximum absolute atomic E-state index is 14.2. The van der Waals surface area contributed by atoms with E-state index in [9.17, 15) is 18.0 Å². The SMILES string of the molecule is CCc1ccccc1N(CC(=O)N(Cc1ccc(Cl)cc1Cl)C(Cc1ccccc1)C(=O)NC(C)(C)C)S(C)(=O)=O. The summed E-state index contributed by atoms with van der Waals surface area (Å²) in [5.74, 6) is -0.906. The second-order valence-corrected chi connectivity index (χ2v) is 13.7. The van der Waals surface area contributed by atoms with E-state index in [-0.39, 0.29) is 18.9 Å². The number of hydrogen-bond donors (Lipinski definition) is 1. The topological polar surface area (TPSA) is 86.8 Å². The second kappa shape index (κ2) is 13.7. The van der Waals surface area contributed by atoms with Gasteiger partial charge in [-0.2, -0.15) is 0 Å². The zero-order valence-electron chi connectivity index (χ0n) is 24.0. The maximum atomic E-state index is 14.2. The fraction of sp³-hybridized carbons (Fsp3) is 0.355. The number of sulfonamides is 1. The molecule has 0 fully saturated rings. The summed E-state index contributed by atoms with van der Waals surface area (Å²) in [5.41, 5.74) is 2.06. The first-order valence-corrected chi connectivity index (χ1v) is 15.9. The Balaban J connectivity index is 2.12. The molecule has 220 valence electrons. The van der Waals surface area contributed by atoms with E-state index in [0.717, 1.165) is 21.7 Å². The first kappa shape index (κ1) is 32.4. The van der Waals surface area contributed by atoms with Crippen molar-refractivity contribution in [2.45, 2.75) is 58.7 Å². The molecule has 0 saturated carbocycles. The van der Waals surface area contributed by atoms with Crippen molar-refractivity contribution in [1.29, 1.82) is 0 Å². The predicted molar refractivity (Wildman–Crippen MR) is 167 cm³/mol. The molecule has 1 atom stereocenters. The van der Waals surface area contributed by atoms with Gasteiger partial charge in [0.1, 0.15) is 12.6 Å². The number of amides is 2. The number of hydrogen-bond acceptors (Lipinski definition) is 4. The van der Waals surface area contributed by atoms with Gasteiger partial charge in [0, 0.05) is 28.5 Å². The van der Waals surface area contributed by atoms with E-state index in [1.807, 2.05) is 70.2 Å². The highest BCUT2D eigenvalue weighted by atomic mass is 35.5. The molecular weight excluding hydrogens is 581 g/mol. The molecule has 0 bridgehead atoms. The van der Waals surface area contributed by atoms with Gasteiger partial charge < -0.3 is 10.2 Å². The van der Waals surface area contributed by atoms with E-state index < -0.39 is 34.1 Å². The van der Waals surface area contributed by atoms with Crippen LogP contribution in [0.25, 0.3) is 0 Å². The minimum Gasteiger partial charge on any atom is -0.350 e. The molecule has 0 aliphatic rings. The lowest BCUT2D eigenvalue weighted by Crippen LogP contribution is -2.56. The zero-order chi connectivity index (χ0) is 30.4. The number of para-hydroxylation sites is 1. The Morgan fingerprint density at radius 1 is 0.927 bits per heavy atom. The molecule has 1 N–H and O–H groups in total. The van der Waals surface area contributed by atoms with Gasteiger partial charge in [-0.1, -0.05) is 84.7 Å². The quantitative estimate of drug-likeness (QED) is 0.291. The van der Waals surface area contributed by atoms with Gasteiger partial charge >= 0.3 is 0 Å². The van der Waals surface area contributed by atoms with Crippen molar-refractivity contribution in [2.24, 2.45) is 0 Å². The number of rotatable bonds is 11. The molecule has 0 spiro atoms. The third-order valence-electron chi connectivity index (χ3n) is 6.45. The van der Waals surface area contributed by atoms with Crippen molar-refractivity contribution in [3.05, 3.63) is 99.5 Å². The van der Waals surface area contributed by atoms with Gasteiger partial charge in [-0.05, 0) is 62.1 Å². The van der Waals surface area contributed by atoms with E-state index in [4.69, 9.17) is 23.2 Å². The number of anilines is 1. The molecule has 3 aromatic rings.